The van der Waals surface area contributed by atoms with Gasteiger partial charge in [0.05, 0.1) is 17.0 Å². The predicted octanol–water partition coefficient (Wildman–Crippen LogP) is 1.97. The van der Waals surface area contributed by atoms with Crippen LogP contribution in [0.3, 0.4) is 0 Å². The number of rotatable bonds is 2. The fourth-order valence-electron chi connectivity index (χ4n) is 1.19. The Morgan fingerprint density at radius 3 is 2.67 bits per heavy atom. The van der Waals surface area contributed by atoms with Gasteiger partial charge in [-0.3, -0.25) is 5.10 Å². The van der Waals surface area contributed by atoms with Gasteiger partial charge in [-0.25, -0.2) is 0 Å². The van der Waals surface area contributed by atoms with Crippen molar-refractivity contribution in [2.24, 2.45) is 0 Å². The Morgan fingerprint density at radius 2 is 2.25 bits per heavy atom. The van der Waals surface area contributed by atoms with Crippen molar-refractivity contribution in [1.82, 2.24) is 10.2 Å². The van der Waals surface area contributed by atoms with Crippen LogP contribution in [-0.4, -0.2) is 10.2 Å². The molecule has 12 heavy (non-hydrogen) atoms. The van der Waals surface area contributed by atoms with E-state index in [9.17, 15) is 0 Å². The van der Waals surface area contributed by atoms with E-state index in [2.05, 4.69) is 16.3 Å². The molecular weight excluding hydrogens is 150 g/mol. The van der Waals surface area contributed by atoms with Crippen molar-refractivity contribution in [3.8, 4) is 6.07 Å². The maximum absolute atomic E-state index is 8.86. The van der Waals surface area contributed by atoms with Crippen LogP contribution in [0.5, 0.6) is 0 Å². The summed E-state index contributed by atoms with van der Waals surface area (Å²) in [5, 5.41) is 15.9. The Hall–Kier alpha value is -1.30. The summed E-state index contributed by atoms with van der Waals surface area (Å²) in [7, 11) is 0. The summed E-state index contributed by atoms with van der Waals surface area (Å²) in [5.41, 5.74) is 2.56. The standard InChI is InChI=1S/C9H13N3/c1-4-8-7(5-10)9(6(2)3)12-11-8/h6H,4H2,1-3H3,(H,11,12). The van der Waals surface area contributed by atoms with Crippen molar-refractivity contribution in [2.45, 2.75) is 33.1 Å². The minimum Gasteiger partial charge on any atom is -0.281 e. The molecule has 0 aliphatic rings. The van der Waals surface area contributed by atoms with Crippen molar-refractivity contribution in [3.63, 3.8) is 0 Å². The number of H-pyrrole nitrogens is 1. The highest BCUT2D eigenvalue weighted by molar-refractivity contribution is 5.38. The number of nitrogens with one attached hydrogen (secondary N) is 1. The smallest absolute Gasteiger partial charge is 0.103 e. The Kier molecular flexibility index (Phi) is 2.49. The van der Waals surface area contributed by atoms with E-state index < -0.39 is 0 Å². The SMILES string of the molecule is CCc1[nH]nc(C(C)C)c1C#N. The number of aromatic amines is 1. The fourth-order valence-corrected chi connectivity index (χ4v) is 1.19. The number of nitriles is 1. The van der Waals surface area contributed by atoms with Gasteiger partial charge >= 0.3 is 0 Å². The van der Waals surface area contributed by atoms with E-state index in [4.69, 9.17) is 5.26 Å². The van der Waals surface area contributed by atoms with E-state index in [-0.39, 0.29) is 0 Å². The third kappa shape index (κ3) is 1.33. The van der Waals surface area contributed by atoms with E-state index in [0.29, 0.717) is 5.92 Å². The van der Waals surface area contributed by atoms with Crippen molar-refractivity contribution in [2.75, 3.05) is 0 Å². The summed E-state index contributed by atoms with van der Waals surface area (Å²) in [4.78, 5) is 0. The number of hydrogen-bond donors (Lipinski definition) is 1. The van der Waals surface area contributed by atoms with Crippen LogP contribution in [0.2, 0.25) is 0 Å². The normalized spacial score (nSPS) is 10.2. The Balaban J connectivity index is 3.16. The molecule has 3 nitrogen and oxygen atoms in total. The summed E-state index contributed by atoms with van der Waals surface area (Å²) < 4.78 is 0. The molecule has 0 saturated carbocycles. The summed E-state index contributed by atoms with van der Waals surface area (Å²) in [6, 6.07) is 2.18. The third-order valence-electron chi connectivity index (χ3n) is 1.88. The molecule has 0 atom stereocenters. The van der Waals surface area contributed by atoms with Crippen molar-refractivity contribution < 1.29 is 0 Å². The molecule has 0 aromatic carbocycles. The van der Waals surface area contributed by atoms with Crippen LogP contribution in [0.25, 0.3) is 0 Å². The Morgan fingerprint density at radius 1 is 1.58 bits per heavy atom. The van der Waals surface area contributed by atoms with Crippen LogP contribution in [0.1, 0.15) is 43.6 Å². The van der Waals surface area contributed by atoms with Gasteiger partial charge in [0, 0.05) is 0 Å². The van der Waals surface area contributed by atoms with E-state index in [1.54, 1.807) is 0 Å². The highest BCUT2D eigenvalue weighted by Crippen LogP contribution is 2.18. The first-order valence-corrected chi connectivity index (χ1v) is 4.17. The molecule has 0 spiro atoms. The lowest BCUT2D eigenvalue weighted by atomic mass is 10.0. The molecule has 0 bridgehead atoms. The Bertz CT molecular complexity index is 304. The zero-order valence-corrected chi connectivity index (χ0v) is 7.68. The van der Waals surface area contributed by atoms with E-state index >= 15 is 0 Å². The first kappa shape index (κ1) is 8.79. The third-order valence-corrected chi connectivity index (χ3v) is 1.88. The van der Waals surface area contributed by atoms with Crippen LogP contribution < -0.4 is 0 Å². The van der Waals surface area contributed by atoms with Crippen LogP contribution in [0, 0.1) is 11.3 Å². The lowest BCUT2D eigenvalue weighted by Gasteiger charge is -1.98. The van der Waals surface area contributed by atoms with Gasteiger partial charge in [0.1, 0.15) is 6.07 Å². The second-order valence-electron chi connectivity index (χ2n) is 3.08. The van der Waals surface area contributed by atoms with Gasteiger partial charge < -0.3 is 0 Å². The lowest BCUT2D eigenvalue weighted by molar-refractivity contribution is 0.806. The molecule has 1 aromatic heterocycles. The maximum Gasteiger partial charge on any atom is 0.103 e. The molecule has 64 valence electrons. The molecular formula is C9H13N3. The largest absolute Gasteiger partial charge is 0.281 e. The van der Waals surface area contributed by atoms with Crippen LogP contribution in [0.4, 0.5) is 0 Å². The van der Waals surface area contributed by atoms with Crippen molar-refractivity contribution in [1.29, 1.82) is 5.26 Å². The van der Waals surface area contributed by atoms with E-state index in [0.717, 1.165) is 23.4 Å². The van der Waals surface area contributed by atoms with E-state index in [1.165, 1.54) is 0 Å². The Labute approximate surface area is 72.4 Å². The zero-order valence-electron chi connectivity index (χ0n) is 7.68. The van der Waals surface area contributed by atoms with Gasteiger partial charge in [-0.1, -0.05) is 20.8 Å². The molecule has 0 radical (unpaired) electrons. The molecule has 0 amide bonds. The summed E-state index contributed by atoms with van der Waals surface area (Å²) in [6.45, 7) is 6.09. The topological polar surface area (TPSA) is 52.5 Å². The van der Waals surface area contributed by atoms with Gasteiger partial charge in [-0.15, -0.1) is 0 Å². The highest BCUT2D eigenvalue weighted by atomic mass is 15.1. The molecule has 1 N–H and O–H groups in total. The molecule has 1 rings (SSSR count). The molecule has 1 heterocycles. The van der Waals surface area contributed by atoms with Gasteiger partial charge in [0.2, 0.25) is 0 Å². The minimum absolute atomic E-state index is 0.316. The predicted molar refractivity (Wildman–Crippen MR) is 46.8 cm³/mol. The molecule has 0 aliphatic heterocycles. The van der Waals surface area contributed by atoms with Gasteiger partial charge in [0.15, 0.2) is 0 Å². The zero-order chi connectivity index (χ0) is 9.14. The van der Waals surface area contributed by atoms with Crippen molar-refractivity contribution in [3.05, 3.63) is 17.0 Å². The first-order chi connectivity index (χ1) is 5.70. The molecule has 3 heteroatoms. The molecule has 0 aliphatic carbocycles. The number of aryl methyl sites for hydroxylation is 1. The molecule has 0 unspecified atom stereocenters. The maximum atomic E-state index is 8.86. The van der Waals surface area contributed by atoms with Crippen LogP contribution in [0.15, 0.2) is 0 Å². The second kappa shape index (κ2) is 3.40. The van der Waals surface area contributed by atoms with E-state index in [1.807, 2.05) is 20.8 Å². The fraction of sp³-hybridized carbons (Fsp3) is 0.556. The quantitative estimate of drug-likeness (QED) is 0.724. The molecule has 0 saturated heterocycles. The number of aromatic nitrogens is 2. The highest BCUT2D eigenvalue weighted by Gasteiger charge is 2.13. The van der Waals surface area contributed by atoms with Gasteiger partial charge in [-0.05, 0) is 12.3 Å². The van der Waals surface area contributed by atoms with Crippen LogP contribution in [-0.2, 0) is 6.42 Å². The first-order valence-electron chi connectivity index (χ1n) is 4.17. The lowest BCUT2D eigenvalue weighted by Crippen LogP contribution is -1.91. The van der Waals surface area contributed by atoms with Crippen LogP contribution >= 0.6 is 0 Å². The number of nitrogens with zero attached hydrogens (tertiary/aromatic N) is 2. The average Bonchev–Trinajstić information content (AvgIpc) is 2.46. The molecule has 0 fully saturated rings. The summed E-state index contributed by atoms with van der Waals surface area (Å²) in [6.07, 6.45) is 0.836. The second-order valence-corrected chi connectivity index (χ2v) is 3.08. The minimum atomic E-state index is 0.316. The van der Waals surface area contributed by atoms with Gasteiger partial charge in [0.25, 0.3) is 0 Å². The number of hydrogen-bond acceptors (Lipinski definition) is 2. The summed E-state index contributed by atoms with van der Waals surface area (Å²) in [5.74, 6) is 0.316. The molecule has 1 aromatic rings. The summed E-state index contributed by atoms with van der Waals surface area (Å²) >= 11 is 0. The van der Waals surface area contributed by atoms with Crippen molar-refractivity contribution >= 4 is 0 Å². The average molecular weight is 163 g/mol. The monoisotopic (exact) mass is 163 g/mol. The van der Waals surface area contributed by atoms with Gasteiger partial charge in [-0.2, -0.15) is 10.4 Å².